The van der Waals surface area contributed by atoms with E-state index >= 15 is 0 Å². The molecule has 0 fully saturated rings. The van der Waals surface area contributed by atoms with Crippen LogP contribution in [0, 0.1) is 0 Å². The van der Waals surface area contributed by atoms with Crippen LogP contribution in [0.4, 0.5) is 0 Å². The van der Waals surface area contributed by atoms with Crippen molar-refractivity contribution in [2.24, 2.45) is 0 Å². The smallest absolute Gasteiger partial charge is 0.169 e. The molecule has 0 atom stereocenters. The van der Waals surface area contributed by atoms with Gasteiger partial charge in [-0.2, -0.15) is 0 Å². The van der Waals surface area contributed by atoms with Gasteiger partial charge in [0.2, 0.25) is 0 Å². The Bertz CT molecular complexity index is 883. The van der Waals surface area contributed by atoms with Crippen LogP contribution in [0.15, 0.2) is 18.2 Å². The van der Waals surface area contributed by atoms with Crippen LogP contribution in [0.3, 0.4) is 0 Å². The molecule has 2 heteroatoms. The molecule has 0 N–H and O–H groups in total. The van der Waals surface area contributed by atoms with Crippen molar-refractivity contribution >= 4 is 0 Å². The summed E-state index contributed by atoms with van der Waals surface area (Å²) in [6.07, 6.45) is 9.89. The molecule has 2 nitrogen and oxygen atoms in total. The van der Waals surface area contributed by atoms with Gasteiger partial charge in [-0.1, -0.05) is 32.9 Å². The standard InChI is InChI=1S/C26H32O2/c1-26(2,3)21-13-12-17-8-4-6-10-19(17)23(21)24-20-11-7-5-9-18(20)16-22-25(24)28-15-14-27-22/h12-13,16H,4-11,14-15H2,1-3H3. The Morgan fingerprint density at radius 1 is 0.714 bits per heavy atom. The van der Waals surface area contributed by atoms with Crippen molar-refractivity contribution in [1.82, 2.24) is 0 Å². The summed E-state index contributed by atoms with van der Waals surface area (Å²) in [6.45, 7) is 8.35. The highest BCUT2D eigenvalue weighted by atomic mass is 16.6. The molecule has 0 bridgehead atoms. The first-order valence-electron chi connectivity index (χ1n) is 11.1. The van der Waals surface area contributed by atoms with Crippen molar-refractivity contribution in [3.63, 3.8) is 0 Å². The predicted molar refractivity (Wildman–Crippen MR) is 115 cm³/mol. The second-order valence-corrected chi connectivity index (χ2v) is 9.70. The van der Waals surface area contributed by atoms with Gasteiger partial charge in [0.05, 0.1) is 0 Å². The summed E-state index contributed by atoms with van der Waals surface area (Å²) >= 11 is 0. The molecular formula is C26H32O2. The van der Waals surface area contributed by atoms with E-state index in [9.17, 15) is 0 Å². The first-order valence-corrected chi connectivity index (χ1v) is 11.1. The van der Waals surface area contributed by atoms with E-state index in [1.165, 1.54) is 72.8 Å². The van der Waals surface area contributed by atoms with Crippen LogP contribution < -0.4 is 9.47 Å². The lowest BCUT2D eigenvalue weighted by atomic mass is 9.73. The third-order valence-electron chi connectivity index (χ3n) is 6.75. The first kappa shape index (κ1) is 18.1. The van der Waals surface area contributed by atoms with Crippen molar-refractivity contribution in [3.8, 4) is 22.6 Å². The molecule has 1 aliphatic heterocycles. The maximum absolute atomic E-state index is 6.31. The van der Waals surface area contributed by atoms with Gasteiger partial charge >= 0.3 is 0 Å². The van der Waals surface area contributed by atoms with E-state index in [4.69, 9.17) is 9.47 Å². The second kappa shape index (κ2) is 6.83. The summed E-state index contributed by atoms with van der Waals surface area (Å²) in [4.78, 5) is 0. The third-order valence-corrected chi connectivity index (χ3v) is 6.75. The van der Waals surface area contributed by atoms with Crippen molar-refractivity contribution < 1.29 is 9.47 Å². The summed E-state index contributed by atoms with van der Waals surface area (Å²) < 4.78 is 12.4. The van der Waals surface area contributed by atoms with E-state index in [1.54, 1.807) is 11.1 Å². The van der Waals surface area contributed by atoms with Crippen molar-refractivity contribution in [3.05, 3.63) is 46.0 Å². The fraction of sp³-hybridized carbons (Fsp3) is 0.538. The average molecular weight is 377 g/mol. The van der Waals surface area contributed by atoms with Gasteiger partial charge in [-0.3, -0.25) is 0 Å². The van der Waals surface area contributed by atoms with E-state index in [0.29, 0.717) is 13.2 Å². The molecule has 2 aromatic rings. The summed E-state index contributed by atoms with van der Waals surface area (Å²) in [6, 6.07) is 7.08. The maximum atomic E-state index is 6.31. The summed E-state index contributed by atoms with van der Waals surface area (Å²) in [5, 5.41) is 0. The van der Waals surface area contributed by atoms with E-state index in [0.717, 1.165) is 17.9 Å². The van der Waals surface area contributed by atoms with Crippen molar-refractivity contribution in [2.45, 2.75) is 77.6 Å². The Kier molecular flexibility index (Phi) is 4.41. The third kappa shape index (κ3) is 2.93. The molecule has 0 amide bonds. The predicted octanol–water partition coefficient (Wildman–Crippen LogP) is 6.18. The Labute approximate surface area is 169 Å². The molecular weight excluding hydrogens is 344 g/mol. The van der Waals surface area contributed by atoms with Crippen LogP contribution in [0.2, 0.25) is 0 Å². The lowest BCUT2D eigenvalue weighted by molar-refractivity contribution is 0.172. The molecule has 2 aromatic carbocycles. The summed E-state index contributed by atoms with van der Waals surface area (Å²) in [5.41, 5.74) is 10.5. The van der Waals surface area contributed by atoms with Gasteiger partial charge in [0.25, 0.3) is 0 Å². The molecule has 2 aliphatic carbocycles. The Hall–Kier alpha value is -1.96. The molecule has 0 unspecified atom stereocenters. The van der Waals surface area contributed by atoms with E-state index in [-0.39, 0.29) is 5.41 Å². The minimum Gasteiger partial charge on any atom is -0.486 e. The van der Waals surface area contributed by atoms with Crippen LogP contribution in [-0.2, 0) is 31.1 Å². The Balaban J connectivity index is 1.87. The Morgan fingerprint density at radius 3 is 2.11 bits per heavy atom. The zero-order chi connectivity index (χ0) is 19.3. The molecule has 148 valence electrons. The monoisotopic (exact) mass is 376 g/mol. The topological polar surface area (TPSA) is 18.5 Å². The highest BCUT2D eigenvalue weighted by Crippen LogP contribution is 2.50. The molecule has 1 heterocycles. The number of hydrogen-bond donors (Lipinski definition) is 0. The maximum Gasteiger partial charge on any atom is 0.169 e. The highest BCUT2D eigenvalue weighted by molar-refractivity contribution is 5.85. The summed E-state index contributed by atoms with van der Waals surface area (Å²) in [5.74, 6) is 1.98. The SMILES string of the molecule is CC(C)(C)c1ccc2c(c1-c1c3c(cc4c1OCCO4)CCCC3)CCCC2. The van der Waals surface area contributed by atoms with Gasteiger partial charge in [-0.05, 0) is 96.2 Å². The van der Waals surface area contributed by atoms with Crippen LogP contribution in [0.5, 0.6) is 11.5 Å². The van der Waals surface area contributed by atoms with Gasteiger partial charge in [0, 0.05) is 5.56 Å². The van der Waals surface area contributed by atoms with Crippen LogP contribution in [0.1, 0.15) is 74.3 Å². The molecule has 0 spiro atoms. The van der Waals surface area contributed by atoms with Crippen molar-refractivity contribution in [1.29, 1.82) is 0 Å². The van der Waals surface area contributed by atoms with Gasteiger partial charge in [-0.15, -0.1) is 0 Å². The zero-order valence-corrected chi connectivity index (χ0v) is 17.6. The minimum atomic E-state index is 0.0988. The molecule has 0 saturated heterocycles. The van der Waals surface area contributed by atoms with Gasteiger partial charge in [0.1, 0.15) is 13.2 Å². The highest BCUT2D eigenvalue weighted by Gasteiger charge is 2.31. The average Bonchev–Trinajstić information content (AvgIpc) is 2.70. The zero-order valence-electron chi connectivity index (χ0n) is 17.6. The molecule has 0 aromatic heterocycles. The molecule has 0 saturated carbocycles. The number of fused-ring (bicyclic) bond motifs is 3. The number of hydrogen-bond acceptors (Lipinski definition) is 2. The van der Waals surface area contributed by atoms with E-state index < -0.39 is 0 Å². The fourth-order valence-electron chi connectivity index (χ4n) is 5.41. The molecule has 3 aliphatic rings. The summed E-state index contributed by atoms with van der Waals surface area (Å²) in [7, 11) is 0. The number of aryl methyl sites for hydroxylation is 2. The normalized spacial score (nSPS) is 18.4. The van der Waals surface area contributed by atoms with E-state index in [2.05, 4.69) is 39.0 Å². The lowest BCUT2D eigenvalue weighted by Crippen LogP contribution is -2.21. The van der Waals surface area contributed by atoms with Gasteiger partial charge in [0.15, 0.2) is 11.5 Å². The molecule has 5 rings (SSSR count). The van der Waals surface area contributed by atoms with Gasteiger partial charge in [-0.25, -0.2) is 0 Å². The fourth-order valence-corrected chi connectivity index (χ4v) is 5.41. The first-order chi connectivity index (χ1) is 13.5. The molecule has 28 heavy (non-hydrogen) atoms. The number of benzene rings is 2. The second-order valence-electron chi connectivity index (χ2n) is 9.70. The van der Waals surface area contributed by atoms with Crippen LogP contribution in [0.25, 0.3) is 11.1 Å². The van der Waals surface area contributed by atoms with E-state index in [1.807, 2.05) is 0 Å². The quantitative estimate of drug-likeness (QED) is 0.592. The Morgan fingerprint density at radius 2 is 1.36 bits per heavy atom. The number of rotatable bonds is 1. The largest absolute Gasteiger partial charge is 0.486 e. The lowest BCUT2D eigenvalue weighted by Gasteiger charge is -2.33. The van der Waals surface area contributed by atoms with Gasteiger partial charge < -0.3 is 9.47 Å². The van der Waals surface area contributed by atoms with Crippen LogP contribution in [-0.4, -0.2) is 13.2 Å². The molecule has 0 radical (unpaired) electrons. The van der Waals surface area contributed by atoms with Crippen molar-refractivity contribution in [2.75, 3.05) is 13.2 Å². The number of ether oxygens (including phenoxy) is 2. The minimum absolute atomic E-state index is 0.0988. The van der Waals surface area contributed by atoms with Crippen LogP contribution >= 0.6 is 0 Å².